The van der Waals surface area contributed by atoms with Gasteiger partial charge < -0.3 is 10.1 Å². The molecule has 1 aromatic carbocycles. The molecule has 0 aliphatic rings. The number of hydrogen-bond donors (Lipinski definition) is 1. The number of aromatic nitrogens is 1. The summed E-state index contributed by atoms with van der Waals surface area (Å²) in [6.07, 6.45) is 1.58. The number of nitrogens with one attached hydrogen (secondary N) is 1. The van der Waals surface area contributed by atoms with Gasteiger partial charge in [-0.05, 0) is 37.6 Å². The number of ether oxygens (including phenoxy) is 1. The first-order valence-corrected chi connectivity index (χ1v) is 10.4. The summed E-state index contributed by atoms with van der Waals surface area (Å²) >= 11 is 1.58. The van der Waals surface area contributed by atoms with Gasteiger partial charge >= 0.3 is 0 Å². The summed E-state index contributed by atoms with van der Waals surface area (Å²) in [5.41, 5.74) is 1.39. The highest BCUT2D eigenvalue weighted by Gasteiger charge is 2.07. The molecule has 130 valence electrons. The van der Waals surface area contributed by atoms with Crippen LogP contribution in [-0.4, -0.2) is 37.9 Å². The van der Waals surface area contributed by atoms with E-state index in [-0.39, 0.29) is 11.7 Å². The Hall–Kier alpha value is -1.93. The van der Waals surface area contributed by atoms with Gasteiger partial charge in [-0.3, -0.25) is 4.79 Å². The van der Waals surface area contributed by atoms with Crippen molar-refractivity contribution in [3.05, 3.63) is 45.9 Å². The van der Waals surface area contributed by atoms with Crippen LogP contribution in [0.15, 0.2) is 29.6 Å². The first kappa shape index (κ1) is 18.4. The van der Waals surface area contributed by atoms with E-state index >= 15 is 0 Å². The Morgan fingerprint density at radius 3 is 2.58 bits per heavy atom. The Morgan fingerprint density at radius 1 is 1.29 bits per heavy atom. The molecule has 0 aliphatic heterocycles. The van der Waals surface area contributed by atoms with Crippen molar-refractivity contribution in [1.82, 2.24) is 10.3 Å². The lowest BCUT2D eigenvalue weighted by molar-refractivity contribution is 0.0953. The molecule has 1 N–H and O–H groups in total. The van der Waals surface area contributed by atoms with Crippen molar-refractivity contribution in [2.45, 2.75) is 20.0 Å². The van der Waals surface area contributed by atoms with E-state index in [1.165, 1.54) is 6.26 Å². The Balaban J connectivity index is 1.79. The highest BCUT2D eigenvalue weighted by molar-refractivity contribution is 7.90. The number of sulfone groups is 1. The van der Waals surface area contributed by atoms with Gasteiger partial charge in [-0.15, -0.1) is 11.3 Å². The molecule has 8 heteroatoms. The summed E-state index contributed by atoms with van der Waals surface area (Å²) in [4.78, 5) is 16.3. The molecule has 2 rings (SSSR count). The number of carbonyl (C=O) groups is 1. The van der Waals surface area contributed by atoms with Crippen LogP contribution in [0.25, 0.3) is 0 Å². The van der Waals surface area contributed by atoms with Gasteiger partial charge in [0, 0.05) is 23.7 Å². The van der Waals surface area contributed by atoms with E-state index in [4.69, 9.17) is 4.74 Å². The minimum atomic E-state index is -2.99. The van der Waals surface area contributed by atoms with Gasteiger partial charge in [0.2, 0.25) is 0 Å². The third-order valence-corrected chi connectivity index (χ3v) is 5.00. The van der Waals surface area contributed by atoms with Crippen molar-refractivity contribution in [3.8, 4) is 5.75 Å². The Bertz CT molecular complexity index is 783. The molecule has 6 nitrogen and oxygen atoms in total. The van der Waals surface area contributed by atoms with E-state index in [9.17, 15) is 13.2 Å². The molecule has 1 heterocycles. The molecule has 0 radical (unpaired) electrons. The fourth-order valence-corrected chi connectivity index (χ4v) is 3.24. The molecule has 0 saturated carbocycles. The van der Waals surface area contributed by atoms with Gasteiger partial charge in [-0.1, -0.05) is 0 Å². The Labute approximate surface area is 145 Å². The SMILES string of the molecule is Cc1nc(COc2ccc(C(=O)NCCCS(C)(=O)=O)cc2)cs1. The molecule has 0 saturated heterocycles. The molecule has 1 aromatic heterocycles. The predicted octanol–water partition coefficient (Wildman–Crippen LogP) is 2.20. The van der Waals surface area contributed by atoms with Crippen molar-refractivity contribution in [2.75, 3.05) is 18.6 Å². The van der Waals surface area contributed by atoms with Crippen LogP contribution in [0.4, 0.5) is 0 Å². The van der Waals surface area contributed by atoms with Crippen molar-refractivity contribution in [3.63, 3.8) is 0 Å². The largest absolute Gasteiger partial charge is 0.487 e. The third-order valence-electron chi connectivity index (χ3n) is 3.15. The van der Waals surface area contributed by atoms with E-state index < -0.39 is 9.84 Å². The van der Waals surface area contributed by atoms with Crippen molar-refractivity contribution in [2.24, 2.45) is 0 Å². The van der Waals surface area contributed by atoms with Gasteiger partial charge in [-0.25, -0.2) is 13.4 Å². The lowest BCUT2D eigenvalue weighted by Crippen LogP contribution is -2.25. The molecule has 1 amide bonds. The smallest absolute Gasteiger partial charge is 0.251 e. The molecule has 0 bridgehead atoms. The van der Waals surface area contributed by atoms with Crippen molar-refractivity contribution < 1.29 is 17.9 Å². The maximum Gasteiger partial charge on any atom is 0.251 e. The first-order chi connectivity index (χ1) is 11.3. The molecule has 0 fully saturated rings. The monoisotopic (exact) mass is 368 g/mol. The second-order valence-corrected chi connectivity index (χ2v) is 8.73. The molecule has 24 heavy (non-hydrogen) atoms. The normalized spacial score (nSPS) is 11.2. The minimum absolute atomic E-state index is 0.0656. The highest BCUT2D eigenvalue weighted by atomic mass is 32.2. The first-order valence-electron chi connectivity index (χ1n) is 7.43. The molecular weight excluding hydrogens is 348 g/mol. The van der Waals surface area contributed by atoms with Crippen LogP contribution in [0.1, 0.15) is 27.5 Å². The zero-order valence-corrected chi connectivity index (χ0v) is 15.2. The number of nitrogens with zero attached hydrogens (tertiary/aromatic N) is 1. The van der Waals surface area contributed by atoms with Crippen LogP contribution in [0.5, 0.6) is 5.75 Å². The van der Waals surface area contributed by atoms with E-state index in [2.05, 4.69) is 10.3 Å². The Kier molecular flexibility index (Phi) is 6.33. The standard InChI is InChI=1S/C16H20N2O4S2/c1-12-18-14(11-23-12)10-22-15-6-4-13(5-7-15)16(19)17-8-3-9-24(2,20)21/h4-7,11H,3,8-10H2,1-2H3,(H,17,19). The van der Waals surface area contributed by atoms with Gasteiger partial charge in [0.1, 0.15) is 22.2 Å². The Morgan fingerprint density at radius 2 is 2.00 bits per heavy atom. The summed E-state index contributed by atoms with van der Waals surface area (Å²) in [7, 11) is -2.99. The van der Waals surface area contributed by atoms with E-state index in [0.29, 0.717) is 30.9 Å². The highest BCUT2D eigenvalue weighted by Crippen LogP contribution is 2.15. The fraction of sp³-hybridized carbons (Fsp3) is 0.375. The number of amides is 1. The van der Waals surface area contributed by atoms with Crippen LogP contribution in [-0.2, 0) is 16.4 Å². The minimum Gasteiger partial charge on any atom is -0.487 e. The lowest BCUT2D eigenvalue weighted by Gasteiger charge is -2.07. The van der Waals surface area contributed by atoms with E-state index in [1.54, 1.807) is 35.6 Å². The van der Waals surface area contributed by atoms with Gasteiger partial charge in [-0.2, -0.15) is 0 Å². The number of hydrogen-bond acceptors (Lipinski definition) is 6. The van der Waals surface area contributed by atoms with Gasteiger partial charge in [0.15, 0.2) is 0 Å². The van der Waals surface area contributed by atoms with Crippen LogP contribution in [0, 0.1) is 6.92 Å². The van der Waals surface area contributed by atoms with E-state index in [1.807, 2.05) is 12.3 Å². The van der Waals surface area contributed by atoms with Crippen molar-refractivity contribution >= 4 is 27.1 Å². The van der Waals surface area contributed by atoms with E-state index in [0.717, 1.165) is 10.7 Å². The number of thiazole rings is 1. The summed E-state index contributed by atoms with van der Waals surface area (Å²) in [6.45, 7) is 2.66. The molecule has 0 aliphatic carbocycles. The second kappa shape index (κ2) is 8.25. The van der Waals surface area contributed by atoms with Gasteiger partial charge in [0.05, 0.1) is 16.5 Å². The number of carbonyl (C=O) groups excluding carboxylic acids is 1. The summed E-state index contributed by atoms with van der Waals surface area (Å²) in [6, 6.07) is 6.80. The molecule has 2 aromatic rings. The van der Waals surface area contributed by atoms with Crippen LogP contribution in [0.3, 0.4) is 0 Å². The zero-order valence-electron chi connectivity index (χ0n) is 13.6. The lowest BCUT2D eigenvalue weighted by atomic mass is 10.2. The molecule has 0 atom stereocenters. The average molecular weight is 368 g/mol. The summed E-state index contributed by atoms with van der Waals surface area (Å²) in [5.74, 6) is 0.496. The quantitative estimate of drug-likeness (QED) is 0.722. The fourth-order valence-electron chi connectivity index (χ4n) is 1.97. The second-order valence-electron chi connectivity index (χ2n) is 5.41. The zero-order chi connectivity index (χ0) is 17.6. The van der Waals surface area contributed by atoms with Crippen molar-refractivity contribution in [1.29, 1.82) is 0 Å². The van der Waals surface area contributed by atoms with Crippen LogP contribution < -0.4 is 10.1 Å². The number of benzene rings is 1. The molecule has 0 unspecified atom stereocenters. The maximum atomic E-state index is 12.0. The molecular formula is C16H20N2O4S2. The van der Waals surface area contributed by atoms with Gasteiger partial charge in [0.25, 0.3) is 5.91 Å². The summed E-state index contributed by atoms with van der Waals surface area (Å²) in [5, 5.41) is 5.65. The van der Waals surface area contributed by atoms with Crippen LogP contribution in [0.2, 0.25) is 0 Å². The number of aryl methyl sites for hydroxylation is 1. The summed E-state index contributed by atoms with van der Waals surface area (Å²) < 4.78 is 27.7. The number of rotatable bonds is 8. The maximum absolute atomic E-state index is 12.0. The van der Waals surface area contributed by atoms with Crippen LogP contribution >= 0.6 is 11.3 Å². The topological polar surface area (TPSA) is 85.4 Å². The third kappa shape index (κ3) is 6.29. The average Bonchev–Trinajstić information content (AvgIpc) is 2.94. The predicted molar refractivity (Wildman–Crippen MR) is 94.3 cm³/mol. The molecule has 0 spiro atoms.